The number of carboxylic acid groups (broad SMARTS) is 1. The van der Waals surface area contributed by atoms with Gasteiger partial charge >= 0.3 is 11.7 Å². The normalized spacial score (nSPS) is 10.7. The number of methoxy groups -OCH3 is 1. The van der Waals surface area contributed by atoms with E-state index in [-0.39, 0.29) is 34.4 Å². The second-order valence-electron chi connectivity index (χ2n) is 5.55. The number of ether oxygens (including phenoxy) is 2. The number of rotatable bonds is 7. The number of nitrogens with one attached hydrogen (secondary N) is 1. The Morgan fingerprint density at radius 2 is 2.11 bits per heavy atom. The molecule has 1 heterocycles. The molecule has 0 aliphatic carbocycles. The summed E-state index contributed by atoms with van der Waals surface area (Å²) in [5, 5.41) is 24.2. The second-order valence-corrected chi connectivity index (χ2v) is 6.96. The zero-order valence-corrected chi connectivity index (χ0v) is 16.3. The molecule has 2 aromatic carbocycles. The van der Waals surface area contributed by atoms with Gasteiger partial charge in [-0.25, -0.2) is 4.98 Å². The summed E-state index contributed by atoms with van der Waals surface area (Å²) < 4.78 is 11.3. The van der Waals surface area contributed by atoms with Gasteiger partial charge in [0.2, 0.25) is 5.75 Å². The minimum absolute atomic E-state index is 0.0100. The summed E-state index contributed by atoms with van der Waals surface area (Å²) in [4.78, 5) is 26.3. The predicted octanol–water partition coefficient (Wildman–Crippen LogP) is 4.33. The summed E-state index contributed by atoms with van der Waals surface area (Å²) in [7, 11) is 3.05. The third-order valence-corrected chi connectivity index (χ3v) is 5.23. The smallest absolute Gasteiger partial charge is 0.330 e. The molecule has 0 aliphatic heterocycles. The van der Waals surface area contributed by atoms with Crippen molar-refractivity contribution in [2.24, 2.45) is 0 Å². The Morgan fingerprint density at radius 1 is 1.36 bits per heavy atom. The number of fused-ring (bicyclic) bond motifs is 1. The third kappa shape index (κ3) is 3.78. The number of benzene rings is 2. The van der Waals surface area contributed by atoms with Crippen LogP contribution >= 0.6 is 22.9 Å². The summed E-state index contributed by atoms with van der Waals surface area (Å²) in [5.74, 6) is -0.730. The van der Waals surface area contributed by atoms with Crippen LogP contribution in [0.15, 0.2) is 24.3 Å². The van der Waals surface area contributed by atoms with Gasteiger partial charge in [0.05, 0.1) is 24.0 Å². The number of nitro benzene ring substituents is 1. The van der Waals surface area contributed by atoms with E-state index in [0.717, 1.165) is 11.3 Å². The average molecular weight is 424 g/mol. The Morgan fingerprint density at radius 3 is 2.71 bits per heavy atom. The number of nitrogens with zero attached hydrogens (tertiary/aromatic N) is 2. The van der Waals surface area contributed by atoms with Gasteiger partial charge in [-0.1, -0.05) is 22.9 Å². The predicted molar refractivity (Wildman–Crippen MR) is 105 cm³/mol. The molecule has 0 bridgehead atoms. The molecule has 0 saturated carbocycles. The molecule has 0 unspecified atom stereocenters. The van der Waals surface area contributed by atoms with E-state index < -0.39 is 10.9 Å². The minimum atomic E-state index is -1.05. The summed E-state index contributed by atoms with van der Waals surface area (Å²) in [6.07, 6.45) is -0.296. The van der Waals surface area contributed by atoms with Crippen LogP contribution in [0.25, 0.3) is 10.2 Å². The van der Waals surface area contributed by atoms with Gasteiger partial charge in [-0.15, -0.1) is 0 Å². The van der Waals surface area contributed by atoms with Crippen molar-refractivity contribution in [3.8, 4) is 17.2 Å². The molecular weight excluding hydrogens is 410 g/mol. The second kappa shape index (κ2) is 7.87. The molecule has 0 spiro atoms. The van der Waals surface area contributed by atoms with Gasteiger partial charge in [0.15, 0.2) is 16.6 Å². The van der Waals surface area contributed by atoms with Crippen LogP contribution in [0.3, 0.4) is 0 Å². The van der Waals surface area contributed by atoms with Crippen LogP contribution in [-0.4, -0.2) is 35.1 Å². The molecule has 3 rings (SSSR count). The highest BCUT2D eigenvalue weighted by Gasteiger charge is 2.25. The van der Waals surface area contributed by atoms with Crippen molar-refractivity contribution in [2.75, 3.05) is 19.5 Å². The fraction of sp³-hybridized carbons (Fsp3) is 0.176. The molecule has 0 amide bonds. The molecule has 2 N–H and O–H groups in total. The first-order valence-corrected chi connectivity index (χ1v) is 9.05. The van der Waals surface area contributed by atoms with Crippen LogP contribution in [0.2, 0.25) is 5.02 Å². The molecule has 0 saturated heterocycles. The zero-order valence-electron chi connectivity index (χ0n) is 14.7. The summed E-state index contributed by atoms with van der Waals surface area (Å²) >= 11 is 7.27. The van der Waals surface area contributed by atoms with Gasteiger partial charge in [-0.05, 0) is 23.8 Å². The first-order chi connectivity index (χ1) is 13.3. The van der Waals surface area contributed by atoms with Crippen molar-refractivity contribution in [1.29, 1.82) is 0 Å². The molecule has 0 aliphatic rings. The summed E-state index contributed by atoms with van der Waals surface area (Å²) in [5.41, 5.74) is 0.573. The maximum Gasteiger partial charge on any atom is 0.330 e. The number of nitro groups is 1. The van der Waals surface area contributed by atoms with E-state index in [1.807, 2.05) is 0 Å². The van der Waals surface area contributed by atoms with Gasteiger partial charge in [0.25, 0.3) is 0 Å². The lowest BCUT2D eigenvalue weighted by Gasteiger charge is -2.13. The number of anilines is 1. The zero-order chi connectivity index (χ0) is 20.4. The van der Waals surface area contributed by atoms with E-state index in [4.69, 9.17) is 26.2 Å². The van der Waals surface area contributed by atoms with Crippen LogP contribution in [0.5, 0.6) is 17.2 Å². The molecule has 0 fully saturated rings. The lowest BCUT2D eigenvalue weighted by atomic mass is 10.1. The third-order valence-electron chi connectivity index (χ3n) is 3.79. The summed E-state index contributed by atoms with van der Waals surface area (Å²) in [6.45, 7) is 0. The van der Waals surface area contributed by atoms with Crippen molar-refractivity contribution in [1.82, 2.24) is 4.98 Å². The van der Waals surface area contributed by atoms with Crippen LogP contribution in [-0.2, 0) is 11.2 Å². The van der Waals surface area contributed by atoms with Crippen molar-refractivity contribution < 1.29 is 24.3 Å². The fourth-order valence-corrected chi connectivity index (χ4v) is 3.71. The molecule has 0 atom stereocenters. The van der Waals surface area contributed by atoms with Gasteiger partial charge in [-0.3, -0.25) is 14.9 Å². The van der Waals surface area contributed by atoms with Crippen molar-refractivity contribution in [2.45, 2.75) is 6.42 Å². The highest BCUT2D eigenvalue weighted by molar-refractivity contribution is 7.22. The van der Waals surface area contributed by atoms with E-state index in [1.54, 1.807) is 13.1 Å². The molecule has 3 aromatic rings. The lowest BCUT2D eigenvalue weighted by Crippen LogP contribution is -2.02. The number of aliphatic carboxylic acids is 1. The van der Waals surface area contributed by atoms with Crippen molar-refractivity contribution in [3.05, 3.63) is 45.0 Å². The number of carbonyl (C=O) groups is 1. The standard InChI is InChI=1S/C17H14ClN3O6S/c1-19-17-20-10-3-4-11(15(21(24)25)16(10)28-17)27-13-7-9(18)8(6-14(22)23)5-12(13)26-2/h3-5,7H,6H2,1-2H3,(H,19,20)(H,22,23). The van der Waals surface area contributed by atoms with E-state index in [9.17, 15) is 14.9 Å². The van der Waals surface area contributed by atoms with Crippen LogP contribution in [0.1, 0.15) is 5.56 Å². The molecule has 146 valence electrons. The topological polar surface area (TPSA) is 124 Å². The number of aromatic nitrogens is 1. The largest absolute Gasteiger partial charge is 0.493 e. The Hall–Kier alpha value is -3.11. The molecule has 11 heteroatoms. The highest BCUT2D eigenvalue weighted by atomic mass is 35.5. The first-order valence-electron chi connectivity index (χ1n) is 7.85. The quantitative estimate of drug-likeness (QED) is 0.425. The van der Waals surface area contributed by atoms with Gasteiger partial charge in [-0.2, -0.15) is 0 Å². The van der Waals surface area contributed by atoms with Crippen molar-refractivity contribution >= 4 is 49.9 Å². The number of thiazole rings is 1. The van der Waals surface area contributed by atoms with E-state index in [2.05, 4.69) is 10.3 Å². The number of carboxylic acids is 1. The van der Waals surface area contributed by atoms with E-state index >= 15 is 0 Å². The first kappa shape index (κ1) is 19.6. The summed E-state index contributed by atoms with van der Waals surface area (Å²) in [6, 6.07) is 5.86. The Balaban J connectivity index is 2.09. The maximum absolute atomic E-state index is 11.7. The molecule has 1 aromatic heterocycles. The lowest BCUT2D eigenvalue weighted by molar-refractivity contribution is -0.383. The van der Waals surface area contributed by atoms with Gasteiger partial charge in [0.1, 0.15) is 4.70 Å². The van der Waals surface area contributed by atoms with Crippen LogP contribution in [0, 0.1) is 10.1 Å². The average Bonchev–Trinajstić information content (AvgIpc) is 3.06. The Labute approximate surface area is 167 Å². The Kier molecular flexibility index (Phi) is 5.52. The maximum atomic E-state index is 11.7. The van der Waals surface area contributed by atoms with E-state index in [0.29, 0.717) is 20.9 Å². The fourth-order valence-electron chi connectivity index (χ4n) is 2.56. The van der Waals surface area contributed by atoms with Crippen LogP contribution < -0.4 is 14.8 Å². The highest BCUT2D eigenvalue weighted by Crippen LogP contribution is 2.44. The van der Waals surface area contributed by atoms with Crippen molar-refractivity contribution in [3.63, 3.8) is 0 Å². The minimum Gasteiger partial charge on any atom is -0.493 e. The number of hydrogen-bond acceptors (Lipinski definition) is 8. The van der Waals surface area contributed by atoms with Gasteiger partial charge < -0.3 is 19.9 Å². The van der Waals surface area contributed by atoms with E-state index in [1.165, 1.54) is 25.3 Å². The SMILES string of the molecule is CNc1nc2ccc(Oc3cc(Cl)c(CC(=O)O)cc3OC)c([N+](=O)[O-])c2s1. The Bertz CT molecular complexity index is 1080. The molecule has 0 radical (unpaired) electrons. The molecule has 28 heavy (non-hydrogen) atoms. The monoisotopic (exact) mass is 423 g/mol. The van der Waals surface area contributed by atoms with Gasteiger partial charge in [0, 0.05) is 18.1 Å². The number of halogens is 1. The number of hydrogen-bond donors (Lipinski definition) is 2. The molecular formula is C17H14ClN3O6S. The van der Waals surface area contributed by atoms with Crippen LogP contribution in [0.4, 0.5) is 10.8 Å². The molecule has 9 nitrogen and oxygen atoms in total.